The third-order valence-corrected chi connectivity index (χ3v) is 6.22. The van der Waals surface area contributed by atoms with E-state index in [2.05, 4.69) is 15.1 Å². The topological polar surface area (TPSA) is 79.4 Å². The number of carbonyl (C=O) groups excluding carboxylic acids is 1. The molecule has 1 fully saturated rings. The minimum atomic E-state index is -3.62. The maximum absolute atomic E-state index is 12.5. The van der Waals surface area contributed by atoms with Crippen molar-refractivity contribution < 1.29 is 13.2 Å². The zero-order chi connectivity index (χ0) is 17.0. The maximum Gasteiger partial charge on any atom is 0.242 e. The molecule has 1 aliphatic heterocycles. The molecule has 0 saturated carbocycles. The van der Waals surface area contributed by atoms with Gasteiger partial charge in [-0.05, 0) is 47.4 Å². The van der Waals surface area contributed by atoms with Crippen LogP contribution in [-0.2, 0) is 14.8 Å². The van der Waals surface area contributed by atoms with E-state index in [0.29, 0.717) is 0 Å². The molecule has 24 heavy (non-hydrogen) atoms. The van der Waals surface area contributed by atoms with Gasteiger partial charge in [-0.3, -0.25) is 9.78 Å². The number of nitrogens with zero attached hydrogens (tertiary/aromatic N) is 2. The lowest BCUT2D eigenvalue weighted by Gasteiger charge is -2.24. The summed E-state index contributed by atoms with van der Waals surface area (Å²) in [6.07, 6.45) is 4.90. The molecule has 1 aliphatic rings. The largest absolute Gasteiger partial charge is 0.336 e. The molecule has 0 spiro atoms. The molecule has 6 nitrogen and oxygen atoms in total. The van der Waals surface area contributed by atoms with Gasteiger partial charge in [0.25, 0.3) is 0 Å². The van der Waals surface area contributed by atoms with E-state index in [1.807, 2.05) is 16.3 Å². The number of aromatic nitrogens is 1. The van der Waals surface area contributed by atoms with Crippen LogP contribution in [-0.4, -0.2) is 37.3 Å². The van der Waals surface area contributed by atoms with Gasteiger partial charge in [0.15, 0.2) is 0 Å². The average molecular weight is 365 g/mol. The Kier molecular flexibility index (Phi) is 5.27. The Morgan fingerprint density at radius 1 is 1.42 bits per heavy atom. The van der Waals surface area contributed by atoms with Crippen LogP contribution in [0.4, 0.5) is 0 Å². The molecule has 128 valence electrons. The highest BCUT2D eigenvalue weighted by Crippen LogP contribution is 2.33. The molecule has 1 saturated heterocycles. The van der Waals surface area contributed by atoms with Crippen molar-refractivity contribution in [1.82, 2.24) is 14.6 Å². The number of likely N-dealkylation sites (tertiary alicyclic amines) is 1. The van der Waals surface area contributed by atoms with Gasteiger partial charge in [0.2, 0.25) is 15.9 Å². The Labute approximate surface area is 145 Å². The molecule has 1 unspecified atom stereocenters. The summed E-state index contributed by atoms with van der Waals surface area (Å²) in [5.74, 6) is -0.0161. The van der Waals surface area contributed by atoms with Crippen molar-refractivity contribution in [3.05, 3.63) is 46.9 Å². The van der Waals surface area contributed by atoms with Gasteiger partial charge in [-0.15, -0.1) is 0 Å². The van der Waals surface area contributed by atoms with Crippen molar-refractivity contribution in [1.29, 1.82) is 0 Å². The van der Waals surface area contributed by atoms with Gasteiger partial charge in [-0.1, -0.05) is 0 Å². The van der Waals surface area contributed by atoms with E-state index >= 15 is 0 Å². The minimum absolute atomic E-state index is 0.0161. The second kappa shape index (κ2) is 7.42. The predicted molar refractivity (Wildman–Crippen MR) is 92.0 cm³/mol. The summed E-state index contributed by atoms with van der Waals surface area (Å²) in [6, 6.07) is 5.21. The fourth-order valence-electron chi connectivity index (χ4n) is 2.90. The molecule has 3 rings (SSSR count). The van der Waals surface area contributed by atoms with Crippen molar-refractivity contribution in [2.24, 2.45) is 0 Å². The Balaban J connectivity index is 1.56. The van der Waals surface area contributed by atoms with Gasteiger partial charge >= 0.3 is 0 Å². The number of sulfonamides is 1. The van der Waals surface area contributed by atoms with Gasteiger partial charge in [-0.2, -0.15) is 11.3 Å². The molecule has 0 bridgehead atoms. The number of rotatable bonds is 6. The number of carbonyl (C=O) groups is 1. The summed E-state index contributed by atoms with van der Waals surface area (Å²) in [5.41, 5.74) is 1.17. The minimum Gasteiger partial charge on any atom is -0.336 e. The number of amides is 1. The SMILES string of the molecule is O=C(CCNS(=O)(=O)c1cccnc1)N1CCCC1c1ccsc1. The van der Waals surface area contributed by atoms with Crippen molar-refractivity contribution in [2.75, 3.05) is 13.1 Å². The average Bonchev–Trinajstić information content (AvgIpc) is 3.26. The van der Waals surface area contributed by atoms with Crippen LogP contribution < -0.4 is 4.72 Å². The first-order valence-corrected chi connectivity index (χ1v) is 10.2. The standard InChI is InChI=1S/C16H19N3O3S2/c20-16(19-9-2-4-15(19)13-6-10-23-12-13)5-8-18-24(21,22)14-3-1-7-17-11-14/h1,3,6-7,10-12,15,18H,2,4-5,8-9H2. The van der Waals surface area contributed by atoms with Crippen LogP contribution >= 0.6 is 11.3 Å². The Morgan fingerprint density at radius 2 is 2.29 bits per heavy atom. The highest BCUT2D eigenvalue weighted by atomic mass is 32.2. The predicted octanol–water partition coefficient (Wildman–Crippen LogP) is 2.18. The van der Waals surface area contributed by atoms with Crippen molar-refractivity contribution in [3.63, 3.8) is 0 Å². The lowest BCUT2D eigenvalue weighted by molar-refractivity contribution is -0.131. The molecule has 0 aromatic carbocycles. The third-order valence-electron chi connectivity index (χ3n) is 4.08. The van der Waals surface area contributed by atoms with E-state index in [-0.39, 0.29) is 29.8 Å². The molecule has 8 heteroatoms. The zero-order valence-electron chi connectivity index (χ0n) is 13.1. The van der Waals surface area contributed by atoms with Gasteiger partial charge in [0.05, 0.1) is 6.04 Å². The molecule has 0 aliphatic carbocycles. The normalized spacial score (nSPS) is 18.0. The zero-order valence-corrected chi connectivity index (χ0v) is 14.7. The molecular weight excluding hydrogens is 346 g/mol. The van der Waals surface area contributed by atoms with Crippen LogP contribution in [0.1, 0.15) is 30.9 Å². The molecular formula is C16H19N3O3S2. The number of hydrogen-bond donors (Lipinski definition) is 1. The van der Waals surface area contributed by atoms with Crippen LogP contribution in [0.25, 0.3) is 0 Å². The fraction of sp³-hybridized carbons (Fsp3) is 0.375. The van der Waals surface area contributed by atoms with Crippen LogP contribution in [0.15, 0.2) is 46.2 Å². The summed E-state index contributed by atoms with van der Waals surface area (Å²) < 4.78 is 26.7. The van der Waals surface area contributed by atoms with Crippen LogP contribution in [0, 0.1) is 0 Å². The monoisotopic (exact) mass is 365 g/mol. The number of hydrogen-bond acceptors (Lipinski definition) is 5. The number of pyridine rings is 1. The van der Waals surface area contributed by atoms with E-state index < -0.39 is 10.0 Å². The van der Waals surface area contributed by atoms with E-state index in [1.165, 1.54) is 24.0 Å². The first-order chi connectivity index (χ1) is 11.6. The Bertz CT molecular complexity index is 776. The smallest absolute Gasteiger partial charge is 0.242 e. The van der Waals surface area contributed by atoms with E-state index in [9.17, 15) is 13.2 Å². The number of nitrogens with one attached hydrogen (secondary N) is 1. The summed E-state index contributed by atoms with van der Waals surface area (Å²) in [6.45, 7) is 0.817. The van der Waals surface area contributed by atoms with Crippen LogP contribution in [0.3, 0.4) is 0 Å². The lowest BCUT2D eigenvalue weighted by Crippen LogP contribution is -2.34. The quantitative estimate of drug-likeness (QED) is 0.851. The second-order valence-electron chi connectivity index (χ2n) is 5.64. The Morgan fingerprint density at radius 3 is 3.00 bits per heavy atom. The van der Waals surface area contributed by atoms with Crippen LogP contribution in [0.2, 0.25) is 0 Å². The van der Waals surface area contributed by atoms with Gasteiger partial charge in [-0.25, -0.2) is 13.1 Å². The molecule has 1 atom stereocenters. The van der Waals surface area contributed by atoms with E-state index in [4.69, 9.17) is 0 Å². The summed E-state index contributed by atoms with van der Waals surface area (Å²) in [7, 11) is -3.62. The van der Waals surface area contributed by atoms with Gasteiger partial charge in [0, 0.05) is 31.9 Å². The van der Waals surface area contributed by atoms with Gasteiger partial charge < -0.3 is 4.90 Å². The summed E-state index contributed by atoms with van der Waals surface area (Å²) in [5, 5.41) is 4.08. The highest BCUT2D eigenvalue weighted by molar-refractivity contribution is 7.89. The van der Waals surface area contributed by atoms with Crippen molar-refractivity contribution >= 4 is 27.3 Å². The van der Waals surface area contributed by atoms with Crippen LogP contribution in [0.5, 0.6) is 0 Å². The van der Waals surface area contributed by atoms with Crippen molar-refractivity contribution in [2.45, 2.75) is 30.2 Å². The second-order valence-corrected chi connectivity index (χ2v) is 8.19. The first kappa shape index (κ1) is 17.1. The molecule has 2 aromatic heterocycles. The summed E-state index contributed by atoms with van der Waals surface area (Å²) in [4.78, 5) is 18.2. The molecule has 1 amide bonds. The molecule has 2 aromatic rings. The van der Waals surface area contributed by atoms with Gasteiger partial charge in [0.1, 0.15) is 4.90 Å². The van der Waals surface area contributed by atoms with E-state index in [0.717, 1.165) is 19.4 Å². The lowest BCUT2D eigenvalue weighted by atomic mass is 10.1. The highest BCUT2D eigenvalue weighted by Gasteiger charge is 2.29. The van der Waals surface area contributed by atoms with E-state index in [1.54, 1.807) is 17.4 Å². The first-order valence-electron chi connectivity index (χ1n) is 7.79. The molecule has 0 radical (unpaired) electrons. The summed E-state index contributed by atoms with van der Waals surface area (Å²) >= 11 is 1.62. The maximum atomic E-state index is 12.5. The molecule has 3 heterocycles. The number of thiophene rings is 1. The Hall–Kier alpha value is -1.77. The molecule has 1 N–H and O–H groups in total. The third kappa shape index (κ3) is 3.82. The van der Waals surface area contributed by atoms with Crippen molar-refractivity contribution in [3.8, 4) is 0 Å². The fourth-order valence-corrected chi connectivity index (χ4v) is 4.60.